The second-order valence-corrected chi connectivity index (χ2v) is 5.64. The van der Waals surface area contributed by atoms with E-state index >= 15 is 0 Å². The van der Waals surface area contributed by atoms with Gasteiger partial charge in [-0.25, -0.2) is 0 Å². The first-order valence-electron chi connectivity index (χ1n) is 7.86. The number of ether oxygens (including phenoxy) is 1. The topological polar surface area (TPSA) is 38.5 Å². The van der Waals surface area contributed by atoms with Crippen molar-refractivity contribution in [1.29, 1.82) is 0 Å². The molecule has 2 aromatic carbocycles. The summed E-state index contributed by atoms with van der Waals surface area (Å²) in [5.74, 6) is 0.829. The summed E-state index contributed by atoms with van der Waals surface area (Å²) in [5, 5.41) is 4.27. The molecule has 1 N–H and O–H groups in total. The highest BCUT2D eigenvalue weighted by Crippen LogP contribution is 2.17. The van der Waals surface area contributed by atoms with Crippen LogP contribution in [-0.2, 0) is 0 Å². The zero-order valence-electron chi connectivity index (χ0n) is 14.2. The van der Waals surface area contributed by atoms with Gasteiger partial charge in [-0.3, -0.25) is 5.43 Å². The number of benzene rings is 2. The van der Waals surface area contributed by atoms with Gasteiger partial charge < -0.3 is 9.30 Å². The van der Waals surface area contributed by atoms with Gasteiger partial charge in [0.1, 0.15) is 5.75 Å². The summed E-state index contributed by atoms with van der Waals surface area (Å²) in [4.78, 5) is 0. The first kappa shape index (κ1) is 15.9. The van der Waals surface area contributed by atoms with Gasteiger partial charge in [-0.05, 0) is 67.9 Å². The number of aryl methyl sites for hydroxylation is 2. The van der Waals surface area contributed by atoms with Crippen LogP contribution in [0, 0.1) is 13.8 Å². The number of methoxy groups -OCH3 is 1. The molecule has 3 aromatic rings. The predicted molar refractivity (Wildman–Crippen MR) is 99.5 cm³/mol. The Labute approximate surface area is 142 Å². The van der Waals surface area contributed by atoms with Crippen LogP contribution in [0.15, 0.2) is 65.8 Å². The highest BCUT2D eigenvalue weighted by molar-refractivity contribution is 5.80. The molecule has 0 saturated carbocycles. The fourth-order valence-corrected chi connectivity index (χ4v) is 2.63. The average Bonchev–Trinajstić information content (AvgIpc) is 2.95. The number of hydrogen-bond donors (Lipinski definition) is 1. The Balaban J connectivity index is 1.67. The van der Waals surface area contributed by atoms with Crippen LogP contribution in [0.1, 0.15) is 17.0 Å². The minimum atomic E-state index is 0.829. The molecule has 0 unspecified atom stereocenters. The highest BCUT2D eigenvalue weighted by Gasteiger charge is 2.03. The fourth-order valence-electron chi connectivity index (χ4n) is 2.63. The number of aromatic nitrogens is 1. The average molecular weight is 319 g/mol. The van der Waals surface area contributed by atoms with Crippen molar-refractivity contribution in [2.45, 2.75) is 13.8 Å². The summed E-state index contributed by atoms with van der Waals surface area (Å²) in [6.45, 7) is 4.22. The number of anilines is 1. The van der Waals surface area contributed by atoms with Crippen LogP contribution in [0.5, 0.6) is 5.75 Å². The Morgan fingerprint density at radius 3 is 2.08 bits per heavy atom. The molecule has 1 aromatic heterocycles. The quantitative estimate of drug-likeness (QED) is 0.553. The number of nitrogens with zero attached hydrogens (tertiary/aromatic N) is 2. The molecule has 122 valence electrons. The molecule has 4 heteroatoms. The minimum absolute atomic E-state index is 0.829. The van der Waals surface area contributed by atoms with Gasteiger partial charge >= 0.3 is 0 Å². The van der Waals surface area contributed by atoms with Crippen molar-refractivity contribution in [3.8, 4) is 11.4 Å². The maximum absolute atomic E-state index is 5.13. The Morgan fingerprint density at radius 1 is 0.875 bits per heavy atom. The molecule has 4 nitrogen and oxygen atoms in total. The van der Waals surface area contributed by atoms with Crippen molar-refractivity contribution >= 4 is 11.9 Å². The van der Waals surface area contributed by atoms with Crippen molar-refractivity contribution in [3.05, 3.63) is 77.6 Å². The van der Waals surface area contributed by atoms with Crippen LogP contribution < -0.4 is 10.2 Å². The molecule has 0 atom stereocenters. The van der Waals surface area contributed by atoms with E-state index in [1.807, 2.05) is 30.5 Å². The molecule has 1 heterocycles. The second-order valence-electron chi connectivity index (χ2n) is 5.64. The van der Waals surface area contributed by atoms with E-state index in [1.54, 1.807) is 7.11 Å². The molecule has 0 aliphatic rings. The molecule has 0 radical (unpaired) electrons. The lowest BCUT2D eigenvalue weighted by molar-refractivity contribution is 0.415. The van der Waals surface area contributed by atoms with E-state index in [2.05, 4.69) is 65.3 Å². The summed E-state index contributed by atoms with van der Waals surface area (Å²) in [7, 11) is 1.65. The predicted octanol–water partition coefficient (Wildman–Crippen LogP) is 4.55. The molecule has 0 aliphatic heterocycles. The van der Waals surface area contributed by atoms with Crippen LogP contribution in [0.25, 0.3) is 5.69 Å². The number of nitrogens with one attached hydrogen (secondary N) is 1. The first-order chi connectivity index (χ1) is 11.7. The van der Waals surface area contributed by atoms with Crippen LogP contribution >= 0.6 is 0 Å². The Kier molecular flexibility index (Phi) is 4.66. The van der Waals surface area contributed by atoms with Crippen LogP contribution in [0.4, 0.5) is 5.69 Å². The third-order valence-corrected chi connectivity index (χ3v) is 3.92. The largest absolute Gasteiger partial charge is 0.497 e. The van der Waals surface area contributed by atoms with Gasteiger partial charge in [0.2, 0.25) is 0 Å². The smallest absolute Gasteiger partial charge is 0.119 e. The molecule has 0 bridgehead atoms. The van der Waals surface area contributed by atoms with E-state index in [9.17, 15) is 0 Å². The van der Waals surface area contributed by atoms with Crippen LogP contribution in [-0.4, -0.2) is 17.9 Å². The maximum atomic E-state index is 5.13. The molecule has 24 heavy (non-hydrogen) atoms. The van der Waals surface area contributed by atoms with Crippen molar-refractivity contribution in [3.63, 3.8) is 0 Å². The standard InChI is InChI=1S/C20H21N3O/c1-15-4-5-16(2)23(15)19-10-6-17(7-11-19)14-21-22-18-8-12-20(24-3)13-9-18/h4-14,22H,1-3H3/b21-14+. The van der Waals surface area contributed by atoms with Gasteiger partial charge in [-0.2, -0.15) is 5.10 Å². The van der Waals surface area contributed by atoms with Gasteiger partial charge in [0.05, 0.1) is 19.0 Å². The van der Waals surface area contributed by atoms with Crippen molar-refractivity contribution in [1.82, 2.24) is 4.57 Å². The molecular formula is C20H21N3O. The zero-order valence-corrected chi connectivity index (χ0v) is 14.2. The van der Waals surface area contributed by atoms with E-state index in [0.29, 0.717) is 0 Å². The molecule has 0 fully saturated rings. The summed E-state index contributed by atoms with van der Waals surface area (Å²) in [5.41, 5.74) is 8.60. The lowest BCUT2D eigenvalue weighted by atomic mass is 10.2. The highest BCUT2D eigenvalue weighted by atomic mass is 16.5. The Bertz CT molecular complexity index is 811. The van der Waals surface area contributed by atoms with Crippen molar-refractivity contribution in [2.75, 3.05) is 12.5 Å². The zero-order chi connectivity index (χ0) is 16.9. The lowest BCUT2D eigenvalue weighted by Gasteiger charge is -2.09. The Morgan fingerprint density at radius 2 is 1.50 bits per heavy atom. The van der Waals surface area contributed by atoms with Crippen molar-refractivity contribution in [2.24, 2.45) is 5.10 Å². The lowest BCUT2D eigenvalue weighted by Crippen LogP contribution is -1.98. The van der Waals surface area contributed by atoms with E-state index in [0.717, 1.165) is 22.7 Å². The van der Waals surface area contributed by atoms with Crippen molar-refractivity contribution < 1.29 is 4.74 Å². The number of hydrogen-bond acceptors (Lipinski definition) is 3. The summed E-state index contributed by atoms with van der Waals surface area (Å²) in [6.07, 6.45) is 1.81. The molecule has 3 rings (SSSR count). The molecule has 0 spiro atoms. The third-order valence-electron chi connectivity index (χ3n) is 3.92. The fraction of sp³-hybridized carbons (Fsp3) is 0.150. The monoisotopic (exact) mass is 319 g/mol. The summed E-state index contributed by atoms with van der Waals surface area (Å²) in [6, 6.07) is 20.2. The van der Waals surface area contributed by atoms with Gasteiger partial charge in [0, 0.05) is 17.1 Å². The van der Waals surface area contributed by atoms with E-state index in [-0.39, 0.29) is 0 Å². The third kappa shape index (κ3) is 3.49. The number of rotatable bonds is 5. The van der Waals surface area contributed by atoms with Gasteiger partial charge in [-0.15, -0.1) is 0 Å². The molecule has 0 saturated heterocycles. The SMILES string of the molecule is COc1ccc(N/N=C/c2ccc(-n3c(C)ccc3C)cc2)cc1. The first-order valence-corrected chi connectivity index (χ1v) is 7.86. The van der Waals surface area contributed by atoms with Gasteiger partial charge in [0.25, 0.3) is 0 Å². The van der Waals surface area contributed by atoms with E-state index < -0.39 is 0 Å². The van der Waals surface area contributed by atoms with Crippen LogP contribution in [0.2, 0.25) is 0 Å². The Hall–Kier alpha value is -3.01. The van der Waals surface area contributed by atoms with E-state index in [1.165, 1.54) is 11.4 Å². The van der Waals surface area contributed by atoms with Gasteiger partial charge in [0.15, 0.2) is 0 Å². The number of hydrazone groups is 1. The molecule has 0 aliphatic carbocycles. The summed E-state index contributed by atoms with van der Waals surface area (Å²) < 4.78 is 7.37. The normalized spacial score (nSPS) is 11.0. The maximum Gasteiger partial charge on any atom is 0.119 e. The summed E-state index contributed by atoms with van der Waals surface area (Å²) >= 11 is 0. The van der Waals surface area contributed by atoms with Crippen LogP contribution in [0.3, 0.4) is 0 Å². The second kappa shape index (κ2) is 7.04. The van der Waals surface area contributed by atoms with E-state index in [4.69, 9.17) is 4.74 Å². The molecular weight excluding hydrogens is 298 g/mol. The molecule has 0 amide bonds. The minimum Gasteiger partial charge on any atom is -0.497 e. The van der Waals surface area contributed by atoms with Gasteiger partial charge in [-0.1, -0.05) is 12.1 Å².